The van der Waals surface area contributed by atoms with Crippen LogP contribution in [-0.2, 0) is 16.8 Å². The normalized spacial score (nSPS) is 18.6. The molecule has 2 aliphatic rings. The summed E-state index contributed by atoms with van der Waals surface area (Å²) in [5, 5.41) is 12.1. The van der Waals surface area contributed by atoms with Crippen molar-refractivity contribution >= 4 is 34.6 Å². The van der Waals surface area contributed by atoms with Crippen LogP contribution < -0.4 is 4.90 Å². The van der Waals surface area contributed by atoms with Crippen LogP contribution in [0.1, 0.15) is 46.3 Å². The van der Waals surface area contributed by atoms with E-state index in [1.54, 1.807) is 23.1 Å². The van der Waals surface area contributed by atoms with Gasteiger partial charge in [0.1, 0.15) is 5.82 Å². The van der Waals surface area contributed by atoms with Gasteiger partial charge in [-0.1, -0.05) is 41.9 Å². The molecule has 1 amide bonds. The van der Waals surface area contributed by atoms with Crippen molar-refractivity contribution in [2.75, 3.05) is 11.4 Å². The van der Waals surface area contributed by atoms with Crippen molar-refractivity contribution in [1.82, 2.24) is 0 Å². The Balaban J connectivity index is 1.33. The fraction of sp³-hybridized carbons (Fsp3) is 0.214. The minimum absolute atomic E-state index is 0.254. The number of hydrogen-bond donors (Lipinski definition) is 1. The maximum absolute atomic E-state index is 13.4. The van der Waals surface area contributed by atoms with E-state index in [1.807, 2.05) is 24.3 Å². The van der Waals surface area contributed by atoms with Crippen LogP contribution in [0.3, 0.4) is 0 Å². The van der Waals surface area contributed by atoms with Gasteiger partial charge in [0.25, 0.3) is 5.91 Å². The van der Waals surface area contributed by atoms with E-state index in [1.165, 1.54) is 35.4 Å². The molecule has 0 saturated heterocycles. The third kappa shape index (κ3) is 3.95. The fourth-order valence-electron chi connectivity index (χ4n) is 4.90. The summed E-state index contributed by atoms with van der Waals surface area (Å²) in [5.74, 6) is -1.38. The molecular weight excluding hydrogens is 453 g/mol. The molecule has 0 unspecified atom stereocenters. The zero-order valence-corrected chi connectivity index (χ0v) is 19.2. The van der Waals surface area contributed by atoms with E-state index in [9.17, 15) is 19.1 Å². The number of carbonyl (C=O) groups excluding carboxylic acids is 2. The van der Waals surface area contributed by atoms with Gasteiger partial charge in [-0.3, -0.25) is 9.59 Å². The van der Waals surface area contributed by atoms with Crippen molar-refractivity contribution in [2.24, 2.45) is 0 Å². The van der Waals surface area contributed by atoms with Crippen LogP contribution in [0.5, 0.6) is 0 Å². The highest BCUT2D eigenvalue weighted by Gasteiger charge is 2.50. The van der Waals surface area contributed by atoms with Gasteiger partial charge >= 0.3 is 0 Å². The summed E-state index contributed by atoms with van der Waals surface area (Å²) in [6.45, 7) is 0.413. The smallest absolute Gasteiger partial charge is 0.264 e. The molecule has 3 aromatic rings. The molecule has 6 heteroatoms. The summed E-state index contributed by atoms with van der Waals surface area (Å²) in [4.78, 5) is 27.8. The average Bonchev–Trinajstić information content (AvgIpc) is 3.32. The number of allylic oxidation sites excluding steroid dienone is 2. The Kier molecular flexibility index (Phi) is 5.84. The number of Topliss-reactive ketones (excluding diaryl/α,β-unsaturated/α-hetero) is 1. The molecule has 0 bridgehead atoms. The van der Waals surface area contributed by atoms with Gasteiger partial charge < -0.3 is 10.0 Å². The summed E-state index contributed by atoms with van der Waals surface area (Å²) in [6, 6.07) is 18.1. The third-order valence-electron chi connectivity index (χ3n) is 6.64. The predicted octanol–water partition coefficient (Wildman–Crippen LogP) is 5.71. The summed E-state index contributed by atoms with van der Waals surface area (Å²) in [6.07, 6.45) is 4.13. The van der Waals surface area contributed by atoms with E-state index >= 15 is 0 Å². The van der Waals surface area contributed by atoms with Gasteiger partial charge in [-0.2, -0.15) is 0 Å². The molecule has 1 aliphatic heterocycles. The molecule has 1 heterocycles. The van der Waals surface area contributed by atoms with Gasteiger partial charge in [0.15, 0.2) is 11.4 Å². The number of anilines is 1. The minimum Gasteiger partial charge on any atom is -0.375 e. The molecule has 0 spiro atoms. The van der Waals surface area contributed by atoms with Gasteiger partial charge in [0, 0.05) is 22.7 Å². The standard InChI is InChI=1S/C28H23ClFNO3/c29-21-12-9-19-8-7-18(23(19)16-21)4-3-15-31-25-6-2-1-5-24(25)28(34,27(31)33)17-26(32)20-10-13-22(30)14-11-20/h1-2,5-7,9-14,16,34H,3-4,8,15,17H2/t28-/m1/s1. The van der Waals surface area contributed by atoms with E-state index < -0.39 is 29.5 Å². The number of aliphatic hydroxyl groups is 1. The number of halogens is 2. The molecule has 3 aromatic carbocycles. The Bertz CT molecular complexity index is 1320. The predicted molar refractivity (Wildman–Crippen MR) is 130 cm³/mol. The topological polar surface area (TPSA) is 57.6 Å². The quantitative estimate of drug-likeness (QED) is 0.445. The Morgan fingerprint density at radius 2 is 1.85 bits per heavy atom. The van der Waals surface area contributed by atoms with Crippen LogP contribution >= 0.6 is 11.6 Å². The number of fused-ring (bicyclic) bond motifs is 2. The molecular formula is C28H23ClFNO3. The van der Waals surface area contributed by atoms with E-state index in [0.717, 1.165) is 18.4 Å². The Morgan fingerprint density at radius 1 is 1.09 bits per heavy atom. The number of rotatable bonds is 7. The number of nitrogens with zero attached hydrogens (tertiary/aromatic N) is 1. The second kappa shape index (κ2) is 8.82. The third-order valence-corrected chi connectivity index (χ3v) is 6.87. The van der Waals surface area contributed by atoms with Gasteiger partial charge in [0.2, 0.25) is 0 Å². The van der Waals surface area contributed by atoms with Gasteiger partial charge in [-0.15, -0.1) is 0 Å². The first kappa shape index (κ1) is 22.5. The monoisotopic (exact) mass is 475 g/mol. The molecule has 0 saturated carbocycles. The van der Waals surface area contributed by atoms with Crippen LogP contribution in [0.25, 0.3) is 5.57 Å². The number of carbonyl (C=O) groups is 2. The van der Waals surface area contributed by atoms with Crippen molar-refractivity contribution < 1.29 is 19.1 Å². The maximum atomic E-state index is 13.4. The van der Waals surface area contributed by atoms with Crippen molar-refractivity contribution in [3.05, 3.63) is 106 Å². The number of ketones is 1. The first-order valence-electron chi connectivity index (χ1n) is 11.3. The minimum atomic E-state index is -1.95. The van der Waals surface area contributed by atoms with Crippen LogP contribution in [0, 0.1) is 5.82 Å². The average molecular weight is 476 g/mol. The first-order valence-corrected chi connectivity index (χ1v) is 11.6. The number of amides is 1. The zero-order valence-electron chi connectivity index (χ0n) is 18.4. The van der Waals surface area contributed by atoms with Crippen LogP contribution in [0.4, 0.5) is 10.1 Å². The molecule has 172 valence electrons. The summed E-state index contributed by atoms with van der Waals surface area (Å²) < 4.78 is 13.2. The molecule has 5 rings (SSSR count). The lowest BCUT2D eigenvalue weighted by Gasteiger charge is -2.23. The summed E-state index contributed by atoms with van der Waals surface area (Å²) in [7, 11) is 0. The molecule has 1 atom stereocenters. The number of hydrogen-bond acceptors (Lipinski definition) is 3. The second-order valence-electron chi connectivity index (χ2n) is 8.78. The van der Waals surface area contributed by atoms with Gasteiger partial charge in [-0.25, -0.2) is 4.39 Å². The molecule has 0 radical (unpaired) electrons. The highest BCUT2D eigenvalue weighted by atomic mass is 35.5. The van der Waals surface area contributed by atoms with Gasteiger partial charge in [-0.05, 0) is 78.4 Å². The highest BCUT2D eigenvalue weighted by molar-refractivity contribution is 6.30. The van der Waals surface area contributed by atoms with Crippen LogP contribution in [0.15, 0.2) is 72.8 Å². The van der Waals surface area contributed by atoms with E-state index in [2.05, 4.69) is 6.08 Å². The van der Waals surface area contributed by atoms with Crippen molar-refractivity contribution in [2.45, 2.75) is 31.3 Å². The lowest BCUT2D eigenvalue weighted by Crippen LogP contribution is -2.42. The van der Waals surface area contributed by atoms with E-state index in [4.69, 9.17) is 11.6 Å². The second-order valence-corrected chi connectivity index (χ2v) is 9.22. The number of benzene rings is 3. The highest BCUT2D eigenvalue weighted by Crippen LogP contribution is 2.43. The molecule has 1 N–H and O–H groups in total. The SMILES string of the molecule is O=C(C[C@]1(O)C(=O)N(CCCC2=CCc3ccc(Cl)cc32)c2ccccc21)c1ccc(F)cc1. The summed E-state index contributed by atoms with van der Waals surface area (Å²) in [5.41, 5.74) is 2.95. The van der Waals surface area contributed by atoms with Crippen LogP contribution in [0.2, 0.25) is 5.02 Å². The number of para-hydroxylation sites is 1. The van der Waals surface area contributed by atoms with Crippen LogP contribution in [-0.4, -0.2) is 23.3 Å². The molecule has 4 nitrogen and oxygen atoms in total. The summed E-state index contributed by atoms with van der Waals surface area (Å²) >= 11 is 6.17. The molecule has 1 aliphatic carbocycles. The Hall–Kier alpha value is -3.28. The molecule has 0 fully saturated rings. The lowest BCUT2D eigenvalue weighted by atomic mass is 9.88. The van der Waals surface area contributed by atoms with Gasteiger partial charge in [0.05, 0.1) is 12.1 Å². The maximum Gasteiger partial charge on any atom is 0.264 e. The fourth-order valence-corrected chi connectivity index (χ4v) is 5.07. The molecule has 34 heavy (non-hydrogen) atoms. The first-order chi connectivity index (χ1) is 16.4. The van der Waals surface area contributed by atoms with E-state index in [-0.39, 0.29) is 5.56 Å². The molecule has 0 aromatic heterocycles. The van der Waals surface area contributed by atoms with Crippen molar-refractivity contribution in [1.29, 1.82) is 0 Å². The van der Waals surface area contributed by atoms with Crippen molar-refractivity contribution in [3.8, 4) is 0 Å². The Labute approximate surface area is 202 Å². The van der Waals surface area contributed by atoms with Crippen molar-refractivity contribution in [3.63, 3.8) is 0 Å². The Morgan fingerprint density at radius 3 is 2.65 bits per heavy atom. The lowest BCUT2D eigenvalue weighted by molar-refractivity contribution is -0.135. The largest absolute Gasteiger partial charge is 0.375 e. The van der Waals surface area contributed by atoms with E-state index in [0.29, 0.717) is 29.2 Å². The zero-order chi connectivity index (χ0) is 23.9.